The number of furan rings is 1. The number of benzene rings is 1. The van der Waals surface area contributed by atoms with Crippen LogP contribution in [0.4, 0.5) is 13.2 Å². The van der Waals surface area contributed by atoms with Crippen LogP contribution in [0.15, 0.2) is 40.8 Å². The highest BCUT2D eigenvalue weighted by Gasteiger charge is 2.30. The van der Waals surface area contributed by atoms with Crippen molar-refractivity contribution < 1.29 is 22.3 Å². The maximum absolute atomic E-state index is 12.8. The molecule has 0 fully saturated rings. The molecule has 1 aromatic carbocycles. The molecule has 2 aromatic rings. The van der Waals surface area contributed by atoms with Gasteiger partial charge in [0.05, 0.1) is 12.1 Å². The van der Waals surface area contributed by atoms with E-state index in [1.807, 2.05) is 0 Å². The van der Waals surface area contributed by atoms with Crippen molar-refractivity contribution in [3.8, 4) is 11.3 Å². The molecule has 25 heavy (non-hydrogen) atoms. The van der Waals surface area contributed by atoms with Crippen LogP contribution >= 0.6 is 0 Å². The minimum atomic E-state index is -4.35. The van der Waals surface area contributed by atoms with Crippen molar-refractivity contribution in [2.45, 2.75) is 38.9 Å². The first-order chi connectivity index (χ1) is 12.0. The second kappa shape index (κ2) is 9.63. The Kier molecular flexibility index (Phi) is 7.52. The van der Waals surface area contributed by atoms with Gasteiger partial charge in [0.15, 0.2) is 0 Å². The van der Waals surface area contributed by atoms with Gasteiger partial charge in [-0.2, -0.15) is 13.2 Å². The van der Waals surface area contributed by atoms with Gasteiger partial charge >= 0.3 is 6.18 Å². The standard InChI is InChI=1S/C19H24F3NO2/c1-2-3-11-24-12-5-10-23-14-17-8-9-18(25-17)15-6-4-7-16(13-15)19(20,21)22/h4,6-9,13,23H,2-3,5,10-12,14H2,1H3. The fourth-order valence-corrected chi connectivity index (χ4v) is 2.34. The molecule has 138 valence electrons. The van der Waals surface area contributed by atoms with E-state index in [-0.39, 0.29) is 0 Å². The summed E-state index contributed by atoms with van der Waals surface area (Å²) >= 11 is 0. The predicted octanol–water partition coefficient (Wildman–Crippen LogP) is 5.26. The average molecular weight is 355 g/mol. The highest BCUT2D eigenvalue weighted by molar-refractivity contribution is 5.58. The predicted molar refractivity (Wildman–Crippen MR) is 91.2 cm³/mol. The van der Waals surface area contributed by atoms with Crippen molar-refractivity contribution in [2.75, 3.05) is 19.8 Å². The molecular weight excluding hydrogens is 331 g/mol. The number of hydrogen-bond acceptors (Lipinski definition) is 3. The average Bonchev–Trinajstić information content (AvgIpc) is 3.05. The van der Waals surface area contributed by atoms with E-state index in [1.54, 1.807) is 18.2 Å². The van der Waals surface area contributed by atoms with Crippen molar-refractivity contribution in [1.82, 2.24) is 5.32 Å². The summed E-state index contributed by atoms with van der Waals surface area (Å²) in [7, 11) is 0. The summed E-state index contributed by atoms with van der Waals surface area (Å²) in [5.74, 6) is 1.13. The van der Waals surface area contributed by atoms with E-state index in [1.165, 1.54) is 6.07 Å². The van der Waals surface area contributed by atoms with Gasteiger partial charge in [0.25, 0.3) is 0 Å². The molecule has 0 aliphatic rings. The Balaban J connectivity index is 1.79. The minimum Gasteiger partial charge on any atom is -0.460 e. The highest BCUT2D eigenvalue weighted by Crippen LogP contribution is 2.32. The lowest BCUT2D eigenvalue weighted by atomic mass is 10.1. The Hall–Kier alpha value is -1.79. The number of hydrogen-bond donors (Lipinski definition) is 1. The van der Waals surface area contributed by atoms with Crippen LogP contribution < -0.4 is 5.32 Å². The monoisotopic (exact) mass is 355 g/mol. The third-order valence-electron chi connectivity index (χ3n) is 3.72. The van der Waals surface area contributed by atoms with Crippen LogP contribution in [0.25, 0.3) is 11.3 Å². The number of ether oxygens (including phenoxy) is 1. The Morgan fingerprint density at radius 3 is 2.64 bits per heavy atom. The summed E-state index contributed by atoms with van der Waals surface area (Å²) in [6, 6.07) is 8.62. The van der Waals surface area contributed by atoms with Gasteiger partial charge in [0, 0.05) is 18.8 Å². The largest absolute Gasteiger partial charge is 0.460 e. The fraction of sp³-hybridized carbons (Fsp3) is 0.474. The van der Waals surface area contributed by atoms with Crippen LogP contribution in [0, 0.1) is 0 Å². The normalized spacial score (nSPS) is 11.8. The molecule has 0 aliphatic carbocycles. The minimum absolute atomic E-state index is 0.422. The van der Waals surface area contributed by atoms with Gasteiger partial charge < -0.3 is 14.5 Å². The summed E-state index contributed by atoms with van der Waals surface area (Å²) in [5.41, 5.74) is -0.255. The second-order valence-electron chi connectivity index (χ2n) is 5.84. The van der Waals surface area contributed by atoms with Gasteiger partial charge in [-0.25, -0.2) is 0 Å². The van der Waals surface area contributed by atoms with Crippen LogP contribution in [-0.2, 0) is 17.5 Å². The Bertz CT molecular complexity index is 638. The number of rotatable bonds is 10. The third-order valence-corrected chi connectivity index (χ3v) is 3.72. The second-order valence-corrected chi connectivity index (χ2v) is 5.84. The van der Waals surface area contributed by atoms with Crippen LogP contribution in [0.1, 0.15) is 37.5 Å². The molecule has 3 nitrogen and oxygen atoms in total. The van der Waals surface area contributed by atoms with Crippen LogP contribution in [0.5, 0.6) is 0 Å². The zero-order valence-electron chi connectivity index (χ0n) is 14.4. The van der Waals surface area contributed by atoms with Crippen LogP contribution in [0.3, 0.4) is 0 Å². The summed E-state index contributed by atoms with van der Waals surface area (Å²) in [6.07, 6.45) is -1.24. The van der Waals surface area contributed by atoms with Crippen molar-refractivity contribution >= 4 is 0 Å². The molecule has 2 rings (SSSR count). The number of alkyl halides is 3. The molecule has 1 aromatic heterocycles. The molecule has 0 bridgehead atoms. The van der Waals surface area contributed by atoms with Gasteiger partial charge in [-0.15, -0.1) is 0 Å². The van der Waals surface area contributed by atoms with E-state index in [4.69, 9.17) is 9.15 Å². The van der Waals surface area contributed by atoms with Crippen LogP contribution in [-0.4, -0.2) is 19.8 Å². The first kappa shape index (κ1) is 19.5. The summed E-state index contributed by atoms with van der Waals surface area (Å²) in [6.45, 7) is 4.98. The Morgan fingerprint density at radius 2 is 1.88 bits per heavy atom. The molecule has 0 amide bonds. The molecule has 0 saturated heterocycles. The molecule has 0 saturated carbocycles. The molecule has 0 atom stereocenters. The van der Waals surface area contributed by atoms with Crippen molar-refractivity contribution in [1.29, 1.82) is 0 Å². The summed E-state index contributed by atoms with van der Waals surface area (Å²) < 4.78 is 49.4. The van der Waals surface area contributed by atoms with E-state index in [0.29, 0.717) is 23.6 Å². The van der Waals surface area contributed by atoms with Gasteiger partial charge in [0.1, 0.15) is 11.5 Å². The van der Waals surface area contributed by atoms with Gasteiger partial charge in [-0.1, -0.05) is 25.5 Å². The zero-order chi connectivity index (χ0) is 18.1. The van der Waals surface area contributed by atoms with Gasteiger partial charge in [-0.05, 0) is 43.7 Å². The van der Waals surface area contributed by atoms with Crippen molar-refractivity contribution in [2.24, 2.45) is 0 Å². The number of unbranched alkanes of at least 4 members (excludes halogenated alkanes) is 1. The van der Waals surface area contributed by atoms with Gasteiger partial charge in [-0.3, -0.25) is 0 Å². The van der Waals surface area contributed by atoms with E-state index in [9.17, 15) is 13.2 Å². The van der Waals surface area contributed by atoms with E-state index < -0.39 is 11.7 Å². The highest BCUT2D eigenvalue weighted by atomic mass is 19.4. The lowest BCUT2D eigenvalue weighted by Gasteiger charge is -2.07. The maximum Gasteiger partial charge on any atom is 0.416 e. The van der Waals surface area contributed by atoms with Crippen LogP contribution in [0.2, 0.25) is 0 Å². The zero-order valence-corrected chi connectivity index (χ0v) is 14.4. The molecule has 6 heteroatoms. The number of halogens is 3. The first-order valence-corrected chi connectivity index (χ1v) is 8.55. The number of nitrogens with one attached hydrogen (secondary N) is 1. The molecule has 0 radical (unpaired) electrons. The lowest BCUT2D eigenvalue weighted by Crippen LogP contribution is -2.16. The molecular formula is C19H24F3NO2. The molecule has 1 N–H and O–H groups in total. The third kappa shape index (κ3) is 6.55. The Labute approximate surface area is 146 Å². The van der Waals surface area contributed by atoms with Crippen molar-refractivity contribution in [3.05, 3.63) is 47.7 Å². The maximum atomic E-state index is 12.8. The molecule has 0 aliphatic heterocycles. The van der Waals surface area contributed by atoms with Crippen molar-refractivity contribution in [3.63, 3.8) is 0 Å². The van der Waals surface area contributed by atoms with E-state index in [2.05, 4.69) is 12.2 Å². The SMILES string of the molecule is CCCCOCCCNCc1ccc(-c2cccc(C(F)(F)F)c2)o1. The molecule has 0 spiro atoms. The van der Waals surface area contributed by atoms with E-state index >= 15 is 0 Å². The lowest BCUT2D eigenvalue weighted by molar-refractivity contribution is -0.137. The topological polar surface area (TPSA) is 34.4 Å². The quantitative estimate of drug-likeness (QED) is 0.590. The van der Waals surface area contributed by atoms with E-state index in [0.717, 1.165) is 51.2 Å². The van der Waals surface area contributed by atoms with Gasteiger partial charge in [0.2, 0.25) is 0 Å². The summed E-state index contributed by atoms with van der Waals surface area (Å²) in [4.78, 5) is 0. The molecule has 1 heterocycles. The first-order valence-electron chi connectivity index (χ1n) is 8.55. The Morgan fingerprint density at radius 1 is 1.08 bits per heavy atom. The summed E-state index contributed by atoms with van der Waals surface area (Å²) in [5, 5.41) is 3.24. The fourth-order valence-electron chi connectivity index (χ4n) is 2.34. The molecule has 0 unspecified atom stereocenters. The smallest absolute Gasteiger partial charge is 0.416 e.